The average molecular weight is 267 g/mol. The third-order valence-electron chi connectivity index (χ3n) is 2.78. The number of carbonyl (C=O) groups is 1. The van der Waals surface area contributed by atoms with Crippen molar-refractivity contribution in [3.05, 3.63) is 17.7 Å². The van der Waals surface area contributed by atoms with E-state index in [1.807, 2.05) is 12.1 Å². The lowest BCUT2D eigenvalue weighted by molar-refractivity contribution is -0.140. The molecule has 0 spiro atoms. The minimum absolute atomic E-state index is 0.213. The van der Waals surface area contributed by atoms with Crippen LogP contribution in [0.25, 0.3) is 0 Å². The summed E-state index contributed by atoms with van der Waals surface area (Å²) in [5.74, 6) is 1.75. The molecule has 1 N–H and O–H groups in total. The molecule has 0 bridgehead atoms. The first kappa shape index (κ1) is 13.5. The fourth-order valence-corrected chi connectivity index (χ4v) is 1.81. The molecule has 0 radical (unpaired) electrons. The predicted molar refractivity (Wildman–Crippen MR) is 67.5 cm³/mol. The summed E-state index contributed by atoms with van der Waals surface area (Å²) in [4.78, 5) is 11.0. The van der Waals surface area contributed by atoms with E-state index in [1.165, 1.54) is 7.11 Å². The molecule has 2 rings (SSSR count). The molecule has 1 aromatic rings. The van der Waals surface area contributed by atoms with Crippen LogP contribution in [0, 0.1) is 0 Å². The molecule has 0 saturated carbocycles. The van der Waals surface area contributed by atoms with Crippen molar-refractivity contribution < 1.29 is 23.7 Å². The Kier molecular flexibility index (Phi) is 4.46. The number of rotatable bonds is 6. The van der Waals surface area contributed by atoms with Crippen molar-refractivity contribution in [2.75, 3.05) is 27.6 Å². The van der Waals surface area contributed by atoms with Gasteiger partial charge in [-0.1, -0.05) is 0 Å². The molecule has 0 fully saturated rings. The maximum atomic E-state index is 11.0. The van der Waals surface area contributed by atoms with E-state index in [9.17, 15) is 4.79 Å². The molecule has 1 aromatic carbocycles. The molecule has 6 nitrogen and oxygen atoms in total. The standard InChI is InChI=1S/C13H17NO5/c1-16-10-5-9(6-11-13(10)19-8-18-11)7-14-4-3-12(15)17-2/h5-6,14H,3-4,7-8H2,1-2H3. The van der Waals surface area contributed by atoms with E-state index in [-0.39, 0.29) is 12.8 Å². The average Bonchev–Trinajstić information content (AvgIpc) is 2.90. The van der Waals surface area contributed by atoms with Crippen molar-refractivity contribution in [3.63, 3.8) is 0 Å². The van der Waals surface area contributed by atoms with Crippen molar-refractivity contribution in [2.24, 2.45) is 0 Å². The van der Waals surface area contributed by atoms with E-state index in [0.717, 1.165) is 5.56 Å². The molecule has 6 heteroatoms. The number of fused-ring (bicyclic) bond motifs is 1. The van der Waals surface area contributed by atoms with Gasteiger partial charge in [-0.25, -0.2) is 0 Å². The summed E-state index contributed by atoms with van der Waals surface area (Å²) in [6.07, 6.45) is 0.345. The van der Waals surface area contributed by atoms with E-state index in [4.69, 9.17) is 14.2 Å². The number of nitrogens with one attached hydrogen (secondary N) is 1. The second kappa shape index (κ2) is 6.29. The number of benzene rings is 1. The van der Waals surface area contributed by atoms with Crippen LogP contribution in [0.15, 0.2) is 12.1 Å². The maximum Gasteiger partial charge on any atom is 0.306 e. The zero-order valence-electron chi connectivity index (χ0n) is 11.0. The van der Waals surface area contributed by atoms with Crippen molar-refractivity contribution in [1.29, 1.82) is 0 Å². The van der Waals surface area contributed by atoms with E-state index in [2.05, 4.69) is 10.1 Å². The number of carbonyl (C=O) groups excluding carboxylic acids is 1. The number of hydrogen-bond donors (Lipinski definition) is 1. The number of hydrogen-bond acceptors (Lipinski definition) is 6. The summed E-state index contributed by atoms with van der Waals surface area (Å²) in [5.41, 5.74) is 1.01. The minimum Gasteiger partial charge on any atom is -0.493 e. The molecule has 1 aliphatic heterocycles. The van der Waals surface area contributed by atoms with Crippen LogP contribution >= 0.6 is 0 Å². The lowest BCUT2D eigenvalue weighted by Gasteiger charge is -2.09. The molecular weight excluding hydrogens is 250 g/mol. The van der Waals surface area contributed by atoms with Crippen molar-refractivity contribution in [1.82, 2.24) is 5.32 Å². The summed E-state index contributed by atoms with van der Waals surface area (Å²) in [6.45, 7) is 1.39. The third kappa shape index (κ3) is 3.29. The normalized spacial score (nSPS) is 12.3. The Balaban J connectivity index is 1.92. The van der Waals surface area contributed by atoms with E-state index in [0.29, 0.717) is 36.8 Å². The minimum atomic E-state index is -0.226. The second-order valence-corrected chi connectivity index (χ2v) is 4.03. The highest BCUT2D eigenvalue weighted by molar-refractivity contribution is 5.69. The fraction of sp³-hybridized carbons (Fsp3) is 0.462. The van der Waals surface area contributed by atoms with Gasteiger partial charge in [0.2, 0.25) is 12.5 Å². The number of methoxy groups -OCH3 is 2. The highest BCUT2D eigenvalue weighted by Gasteiger charge is 2.19. The first-order valence-electron chi connectivity index (χ1n) is 5.98. The molecule has 1 aliphatic rings. The summed E-state index contributed by atoms with van der Waals surface area (Å²) in [7, 11) is 2.97. The van der Waals surface area contributed by atoms with E-state index >= 15 is 0 Å². The SMILES string of the molecule is COC(=O)CCNCc1cc(OC)c2c(c1)OCO2. The van der Waals surface area contributed by atoms with Gasteiger partial charge in [0, 0.05) is 13.1 Å². The highest BCUT2D eigenvalue weighted by atomic mass is 16.7. The van der Waals surface area contributed by atoms with Crippen LogP contribution in [0.1, 0.15) is 12.0 Å². The third-order valence-corrected chi connectivity index (χ3v) is 2.78. The summed E-state index contributed by atoms with van der Waals surface area (Å²) in [6, 6.07) is 3.79. The van der Waals surface area contributed by atoms with Gasteiger partial charge in [0.1, 0.15) is 0 Å². The summed E-state index contributed by atoms with van der Waals surface area (Å²) < 4.78 is 20.5. The van der Waals surface area contributed by atoms with Crippen molar-refractivity contribution >= 4 is 5.97 Å². The molecule has 0 aliphatic carbocycles. The lowest BCUT2D eigenvalue weighted by Crippen LogP contribution is -2.18. The van der Waals surface area contributed by atoms with Gasteiger partial charge in [-0.15, -0.1) is 0 Å². The van der Waals surface area contributed by atoms with Gasteiger partial charge in [-0.05, 0) is 17.7 Å². The molecule has 0 unspecified atom stereocenters. The Morgan fingerprint density at radius 1 is 1.37 bits per heavy atom. The van der Waals surface area contributed by atoms with Crippen molar-refractivity contribution in [3.8, 4) is 17.2 Å². The Bertz CT molecular complexity index is 461. The maximum absolute atomic E-state index is 11.0. The first-order chi connectivity index (χ1) is 9.24. The van der Waals surface area contributed by atoms with Gasteiger partial charge in [-0.2, -0.15) is 0 Å². The molecular formula is C13H17NO5. The van der Waals surface area contributed by atoms with Crippen LogP contribution in [0.4, 0.5) is 0 Å². The fourth-order valence-electron chi connectivity index (χ4n) is 1.81. The molecule has 1 heterocycles. The topological polar surface area (TPSA) is 66.0 Å². The molecule has 0 atom stereocenters. The van der Waals surface area contributed by atoms with Gasteiger partial charge in [0.15, 0.2) is 11.5 Å². The van der Waals surface area contributed by atoms with Crippen molar-refractivity contribution in [2.45, 2.75) is 13.0 Å². The molecule has 19 heavy (non-hydrogen) atoms. The first-order valence-corrected chi connectivity index (χ1v) is 5.98. The van der Waals surface area contributed by atoms with Crippen LogP contribution in [0.2, 0.25) is 0 Å². The van der Waals surface area contributed by atoms with Gasteiger partial charge in [0.25, 0.3) is 0 Å². The van der Waals surface area contributed by atoms with Crippen LogP contribution < -0.4 is 19.5 Å². The second-order valence-electron chi connectivity index (χ2n) is 4.03. The highest BCUT2D eigenvalue weighted by Crippen LogP contribution is 2.41. The zero-order valence-corrected chi connectivity index (χ0v) is 11.0. The van der Waals surface area contributed by atoms with Gasteiger partial charge >= 0.3 is 5.97 Å². The Hall–Kier alpha value is -1.95. The zero-order chi connectivity index (χ0) is 13.7. The molecule has 0 amide bonds. The lowest BCUT2D eigenvalue weighted by atomic mass is 10.2. The number of esters is 1. The molecule has 0 saturated heterocycles. The van der Waals surface area contributed by atoms with Gasteiger partial charge in [0.05, 0.1) is 20.6 Å². The Labute approximate surface area is 111 Å². The molecule has 104 valence electrons. The van der Waals surface area contributed by atoms with Crippen LogP contribution in [-0.4, -0.2) is 33.5 Å². The Morgan fingerprint density at radius 2 is 2.21 bits per heavy atom. The van der Waals surface area contributed by atoms with E-state index in [1.54, 1.807) is 7.11 Å². The smallest absolute Gasteiger partial charge is 0.306 e. The van der Waals surface area contributed by atoms with Gasteiger partial charge < -0.3 is 24.3 Å². The van der Waals surface area contributed by atoms with Crippen LogP contribution in [-0.2, 0) is 16.1 Å². The quantitative estimate of drug-likeness (QED) is 0.614. The summed E-state index contributed by atoms with van der Waals surface area (Å²) >= 11 is 0. The van der Waals surface area contributed by atoms with E-state index < -0.39 is 0 Å². The molecule has 0 aromatic heterocycles. The summed E-state index contributed by atoms with van der Waals surface area (Å²) in [5, 5.41) is 3.16. The predicted octanol–water partition coefficient (Wildman–Crippen LogP) is 1.08. The van der Waals surface area contributed by atoms with Gasteiger partial charge in [-0.3, -0.25) is 4.79 Å². The number of ether oxygens (including phenoxy) is 4. The van der Waals surface area contributed by atoms with Crippen LogP contribution in [0.5, 0.6) is 17.2 Å². The Morgan fingerprint density at radius 3 is 2.95 bits per heavy atom. The monoisotopic (exact) mass is 267 g/mol. The van der Waals surface area contributed by atoms with Crippen LogP contribution in [0.3, 0.4) is 0 Å². The largest absolute Gasteiger partial charge is 0.493 e.